The van der Waals surface area contributed by atoms with E-state index in [-0.39, 0.29) is 31.1 Å². The maximum atomic E-state index is 12.9. The van der Waals surface area contributed by atoms with Crippen molar-refractivity contribution in [2.75, 3.05) is 13.2 Å². The third-order valence-corrected chi connectivity index (χ3v) is 13.5. The number of carbonyl (C=O) groups is 3. The van der Waals surface area contributed by atoms with E-state index >= 15 is 0 Å². The first-order valence-corrected chi connectivity index (χ1v) is 29.2. The molecule has 0 fully saturated rings. The molecule has 1 atom stereocenters. The highest BCUT2D eigenvalue weighted by molar-refractivity contribution is 5.71. The molecule has 0 rings (SSSR count). The lowest BCUT2D eigenvalue weighted by Crippen LogP contribution is -2.30. The second-order valence-corrected chi connectivity index (χ2v) is 21.2. The van der Waals surface area contributed by atoms with Crippen molar-refractivity contribution < 1.29 is 28.6 Å². The van der Waals surface area contributed by atoms with Crippen LogP contribution in [0.25, 0.3) is 0 Å². The fraction of sp³-hybridized carbons (Fsp3) is 0.949. The van der Waals surface area contributed by atoms with Crippen molar-refractivity contribution in [3.05, 3.63) is 0 Å². The average Bonchev–Trinajstić information content (AvgIpc) is 3.28. The summed E-state index contributed by atoms with van der Waals surface area (Å²) in [5.74, 6) is 0.812. The van der Waals surface area contributed by atoms with Gasteiger partial charge in [0, 0.05) is 19.3 Å². The van der Waals surface area contributed by atoms with Gasteiger partial charge in [-0.15, -0.1) is 0 Å². The standard InChI is InChI=1S/C59H114O6/c1-6-7-8-9-10-11-12-13-14-15-16-17-21-24-29-34-39-44-49-57(60)63-52-56(53-64-58(61)50-45-40-35-31-26-28-33-38-43-48-55(4)5)65-59(62)51-46-41-36-30-25-22-19-18-20-23-27-32-37-42-47-54(2)3/h54-56H,6-53H2,1-5H3/t56-/m0/s1. The zero-order chi connectivity index (χ0) is 47.5. The summed E-state index contributed by atoms with van der Waals surface area (Å²) in [6, 6.07) is 0. The van der Waals surface area contributed by atoms with E-state index in [0.29, 0.717) is 19.3 Å². The third-order valence-electron chi connectivity index (χ3n) is 13.5. The van der Waals surface area contributed by atoms with Crippen molar-refractivity contribution >= 4 is 17.9 Å². The van der Waals surface area contributed by atoms with Gasteiger partial charge in [0.1, 0.15) is 13.2 Å². The van der Waals surface area contributed by atoms with Gasteiger partial charge in [-0.1, -0.05) is 291 Å². The highest BCUT2D eigenvalue weighted by atomic mass is 16.6. The molecule has 386 valence electrons. The largest absolute Gasteiger partial charge is 0.462 e. The highest BCUT2D eigenvalue weighted by Crippen LogP contribution is 2.18. The van der Waals surface area contributed by atoms with Gasteiger partial charge in [-0.2, -0.15) is 0 Å². The van der Waals surface area contributed by atoms with Crippen molar-refractivity contribution in [1.82, 2.24) is 0 Å². The topological polar surface area (TPSA) is 78.9 Å². The Morgan fingerprint density at radius 3 is 0.754 bits per heavy atom. The summed E-state index contributed by atoms with van der Waals surface area (Å²) in [6.07, 6.45) is 55.3. The molecule has 65 heavy (non-hydrogen) atoms. The number of carbonyl (C=O) groups excluding carboxylic acids is 3. The molecule has 0 aromatic rings. The Balaban J connectivity index is 4.27. The van der Waals surface area contributed by atoms with Crippen molar-refractivity contribution in [3.63, 3.8) is 0 Å². The summed E-state index contributed by atoms with van der Waals surface area (Å²) in [7, 11) is 0. The van der Waals surface area contributed by atoms with Gasteiger partial charge in [-0.3, -0.25) is 14.4 Å². The molecular weight excluding hydrogens is 805 g/mol. The number of rotatable bonds is 53. The van der Waals surface area contributed by atoms with E-state index in [0.717, 1.165) is 69.6 Å². The van der Waals surface area contributed by atoms with Gasteiger partial charge < -0.3 is 14.2 Å². The van der Waals surface area contributed by atoms with Crippen LogP contribution >= 0.6 is 0 Å². The van der Waals surface area contributed by atoms with Crippen LogP contribution in [0.2, 0.25) is 0 Å². The summed E-state index contributed by atoms with van der Waals surface area (Å²) in [5.41, 5.74) is 0. The molecule has 0 aliphatic carbocycles. The van der Waals surface area contributed by atoms with Gasteiger partial charge in [-0.05, 0) is 31.1 Å². The third kappa shape index (κ3) is 53.2. The van der Waals surface area contributed by atoms with Crippen LogP contribution in [0.1, 0.15) is 330 Å². The number of esters is 3. The number of hydrogen-bond donors (Lipinski definition) is 0. The van der Waals surface area contributed by atoms with E-state index < -0.39 is 6.10 Å². The van der Waals surface area contributed by atoms with Crippen LogP contribution in [0.15, 0.2) is 0 Å². The van der Waals surface area contributed by atoms with Gasteiger partial charge in [0.2, 0.25) is 0 Å². The minimum atomic E-state index is -0.763. The van der Waals surface area contributed by atoms with Crippen LogP contribution in [-0.4, -0.2) is 37.2 Å². The molecule has 6 nitrogen and oxygen atoms in total. The number of ether oxygens (including phenoxy) is 3. The van der Waals surface area contributed by atoms with Crippen molar-refractivity contribution in [2.45, 2.75) is 336 Å². The predicted octanol–water partition coefficient (Wildman–Crippen LogP) is 19.3. The molecule has 0 amide bonds. The summed E-state index contributed by atoms with van der Waals surface area (Å²) >= 11 is 0. The fourth-order valence-corrected chi connectivity index (χ4v) is 9.05. The van der Waals surface area contributed by atoms with Gasteiger partial charge >= 0.3 is 17.9 Å². The normalized spacial score (nSPS) is 12.0. The van der Waals surface area contributed by atoms with Crippen LogP contribution in [-0.2, 0) is 28.6 Å². The van der Waals surface area contributed by atoms with Crippen LogP contribution in [0, 0.1) is 11.8 Å². The number of hydrogen-bond acceptors (Lipinski definition) is 6. The lowest BCUT2D eigenvalue weighted by molar-refractivity contribution is -0.167. The Morgan fingerprint density at radius 2 is 0.508 bits per heavy atom. The van der Waals surface area contributed by atoms with Crippen LogP contribution < -0.4 is 0 Å². The van der Waals surface area contributed by atoms with Crippen LogP contribution in [0.5, 0.6) is 0 Å². The van der Waals surface area contributed by atoms with Crippen molar-refractivity contribution in [3.8, 4) is 0 Å². The average molecular weight is 920 g/mol. The molecule has 0 spiro atoms. The Hall–Kier alpha value is -1.59. The van der Waals surface area contributed by atoms with Crippen LogP contribution in [0.3, 0.4) is 0 Å². The van der Waals surface area contributed by atoms with Gasteiger partial charge in [-0.25, -0.2) is 0 Å². The molecule has 0 N–H and O–H groups in total. The first-order valence-electron chi connectivity index (χ1n) is 29.2. The zero-order valence-corrected chi connectivity index (χ0v) is 44.6. The maximum Gasteiger partial charge on any atom is 0.306 e. The molecule has 0 unspecified atom stereocenters. The van der Waals surface area contributed by atoms with Gasteiger partial charge in [0.25, 0.3) is 0 Å². The lowest BCUT2D eigenvalue weighted by atomic mass is 10.0. The Kier molecular flexibility index (Phi) is 50.5. The smallest absolute Gasteiger partial charge is 0.306 e. The van der Waals surface area contributed by atoms with E-state index in [1.54, 1.807) is 0 Å². The summed E-state index contributed by atoms with van der Waals surface area (Å²) < 4.78 is 16.9. The Bertz CT molecular complexity index is 993. The predicted molar refractivity (Wildman–Crippen MR) is 280 cm³/mol. The van der Waals surface area contributed by atoms with E-state index in [1.807, 2.05) is 0 Å². The maximum absolute atomic E-state index is 12.9. The SMILES string of the molecule is CCCCCCCCCCCCCCCCCCCCC(=O)OC[C@@H](COC(=O)CCCCCCCCCCCC(C)C)OC(=O)CCCCCCCCCCCCCCCCC(C)C. The minimum Gasteiger partial charge on any atom is -0.462 e. The van der Waals surface area contributed by atoms with Crippen molar-refractivity contribution in [2.24, 2.45) is 11.8 Å². The molecule has 0 aliphatic heterocycles. The lowest BCUT2D eigenvalue weighted by Gasteiger charge is -2.18. The van der Waals surface area contributed by atoms with Crippen molar-refractivity contribution in [1.29, 1.82) is 0 Å². The highest BCUT2D eigenvalue weighted by Gasteiger charge is 2.19. The second kappa shape index (κ2) is 51.8. The first kappa shape index (κ1) is 63.4. The Morgan fingerprint density at radius 1 is 0.292 bits per heavy atom. The fourth-order valence-electron chi connectivity index (χ4n) is 9.05. The Labute approximate surface area is 406 Å². The summed E-state index contributed by atoms with van der Waals surface area (Å²) in [6.45, 7) is 11.4. The molecule has 0 aromatic carbocycles. The molecule has 0 bridgehead atoms. The summed E-state index contributed by atoms with van der Waals surface area (Å²) in [4.78, 5) is 38.1. The molecule has 6 heteroatoms. The van der Waals surface area contributed by atoms with E-state index in [1.165, 1.54) is 218 Å². The minimum absolute atomic E-state index is 0.0628. The molecule has 0 radical (unpaired) electrons. The first-order chi connectivity index (χ1) is 31.7. The van der Waals surface area contributed by atoms with Gasteiger partial charge in [0.15, 0.2) is 6.10 Å². The molecule has 0 saturated heterocycles. The molecule has 0 heterocycles. The second-order valence-electron chi connectivity index (χ2n) is 21.2. The number of unbranched alkanes of at least 4 members (excludes halogenated alkanes) is 38. The summed E-state index contributed by atoms with van der Waals surface area (Å²) in [5, 5.41) is 0. The van der Waals surface area contributed by atoms with E-state index in [9.17, 15) is 14.4 Å². The molecule has 0 saturated carbocycles. The molecule has 0 aliphatic rings. The molecular formula is C59H114O6. The van der Waals surface area contributed by atoms with Crippen LogP contribution in [0.4, 0.5) is 0 Å². The van der Waals surface area contributed by atoms with E-state index in [2.05, 4.69) is 34.6 Å². The monoisotopic (exact) mass is 919 g/mol. The quantitative estimate of drug-likeness (QED) is 0.0344. The zero-order valence-electron chi connectivity index (χ0n) is 44.6. The van der Waals surface area contributed by atoms with E-state index in [4.69, 9.17) is 14.2 Å². The molecule has 0 aromatic heterocycles. The van der Waals surface area contributed by atoms with Gasteiger partial charge in [0.05, 0.1) is 0 Å².